The van der Waals surface area contributed by atoms with Crippen molar-refractivity contribution in [1.29, 1.82) is 0 Å². The van der Waals surface area contributed by atoms with Gasteiger partial charge >= 0.3 is 0 Å². The van der Waals surface area contributed by atoms with Crippen LogP contribution < -0.4 is 10.6 Å². The van der Waals surface area contributed by atoms with Crippen LogP contribution in [0.1, 0.15) is 13.3 Å². The summed E-state index contributed by atoms with van der Waals surface area (Å²) in [4.78, 5) is 11.6. The third-order valence-corrected chi connectivity index (χ3v) is 2.54. The minimum Gasteiger partial charge on any atom is -0.326 e. The number of tetrazole rings is 1. The van der Waals surface area contributed by atoms with Crippen LogP contribution in [0.2, 0.25) is 0 Å². The Labute approximate surface area is 111 Å². The van der Waals surface area contributed by atoms with Crippen LogP contribution in [0.3, 0.4) is 0 Å². The van der Waals surface area contributed by atoms with Gasteiger partial charge in [-0.05, 0) is 41.2 Å². The Bertz CT molecular complexity index is 508. The summed E-state index contributed by atoms with van der Waals surface area (Å²) in [5, 5.41) is 16.9. The number of aromatic nitrogens is 4. The number of hydrogen-bond acceptors (Lipinski definition) is 5. The Morgan fingerprint density at radius 2 is 2.11 bits per heavy atom. The number of carbonyl (C=O) groups excluding carboxylic acids is 1. The number of benzene rings is 1. The summed E-state index contributed by atoms with van der Waals surface area (Å²) in [7, 11) is 0. The van der Waals surface area contributed by atoms with E-state index >= 15 is 0 Å². The molecule has 0 spiro atoms. The molecule has 1 aromatic heterocycles. The van der Waals surface area contributed by atoms with Gasteiger partial charge in [0.15, 0.2) is 0 Å². The van der Waals surface area contributed by atoms with Crippen LogP contribution in [-0.4, -0.2) is 39.2 Å². The third kappa shape index (κ3) is 3.85. The van der Waals surface area contributed by atoms with Gasteiger partial charge in [0.25, 0.3) is 0 Å². The molecule has 1 amide bonds. The van der Waals surface area contributed by atoms with Gasteiger partial charge in [-0.15, -0.1) is 5.10 Å². The highest BCUT2D eigenvalue weighted by Crippen LogP contribution is 2.11. The summed E-state index contributed by atoms with van der Waals surface area (Å²) in [5.41, 5.74) is 1.61. The fourth-order valence-electron chi connectivity index (χ4n) is 1.58. The second kappa shape index (κ2) is 6.60. The maximum atomic E-state index is 11.6. The molecule has 7 heteroatoms. The first kappa shape index (κ1) is 13.2. The third-order valence-electron chi connectivity index (χ3n) is 2.54. The topological polar surface area (TPSA) is 84.7 Å². The summed E-state index contributed by atoms with van der Waals surface area (Å²) >= 11 is 0. The molecule has 0 saturated heterocycles. The predicted octanol–water partition coefficient (Wildman–Crippen LogP) is 0.600. The molecule has 0 fully saturated rings. The van der Waals surface area contributed by atoms with E-state index < -0.39 is 0 Å². The molecule has 0 bridgehead atoms. The summed E-state index contributed by atoms with van der Waals surface area (Å²) in [6.07, 6.45) is 1.98. The highest BCUT2D eigenvalue weighted by molar-refractivity contribution is 5.90. The maximum absolute atomic E-state index is 11.6. The fraction of sp³-hybridized carbons (Fsp3) is 0.333. The normalized spacial score (nSPS) is 10.4. The van der Waals surface area contributed by atoms with Gasteiger partial charge in [-0.2, -0.15) is 0 Å². The average Bonchev–Trinajstić information content (AvgIpc) is 2.94. The summed E-state index contributed by atoms with van der Waals surface area (Å²) in [6, 6.07) is 7.33. The van der Waals surface area contributed by atoms with Gasteiger partial charge in [0, 0.05) is 18.7 Å². The number of rotatable bonds is 6. The first-order valence-electron chi connectivity index (χ1n) is 6.13. The second-order valence-corrected chi connectivity index (χ2v) is 3.95. The number of carbonyl (C=O) groups is 1. The molecule has 0 aliphatic rings. The number of nitrogens with zero attached hydrogens (tertiary/aromatic N) is 4. The zero-order valence-electron chi connectivity index (χ0n) is 10.7. The Morgan fingerprint density at radius 3 is 2.74 bits per heavy atom. The van der Waals surface area contributed by atoms with Crippen LogP contribution in [-0.2, 0) is 4.79 Å². The molecular weight excluding hydrogens is 244 g/mol. The molecular formula is C12H16N6O. The molecule has 100 valence electrons. The van der Waals surface area contributed by atoms with Crippen molar-refractivity contribution in [3.8, 4) is 5.69 Å². The molecule has 2 N–H and O–H groups in total. The first-order valence-corrected chi connectivity index (χ1v) is 6.13. The van der Waals surface area contributed by atoms with Crippen molar-refractivity contribution in [2.24, 2.45) is 0 Å². The van der Waals surface area contributed by atoms with Gasteiger partial charge in [0.1, 0.15) is 6.33 Å². The van der Waals surface area contributed by atoms with Crippen molar-refractivity contribution in [2.75, 3.05) is 18.4 Å². The van der Waals surface area contributed by atoms with Crippen LogP contribution in [0, 0.1) is 0 Å². The van der Waals surface area contributed by atoms with Gasteiger partial charge < -0.3 is 10.6 Å². The molecule has 0 aliphatic heterocycles. The van der Waals surface area contributed by atoms with Crippen molar-refractivity contribution in [1.82, 2.24) is 25.5 Å². The van der Waals surface area contributed by atoms with E-state index in [0.29, 0.717) is 13.0 Å². The van der Waals surface area contributed by atoms with Crippen LogP contribution in [0.4, 0.5) is 5.69 Å². The van der Waals surface area contributed by atoms with Crippen molar-refractivity contribution in [3.63, 3.8) is 0 Å². The van der Waals surface area contributed by atoms with Crippen LogP contribution in [0.5, 0.6) is 0 Å². The minimum absolute atomic E-state index is 0.00359. The quantitative estimate of drug-likeness (QED) is 0.743. The Hall–Kier alpha value is -2.28. The molecule has 1 aromatic carbocycles. The number of anilines is 1. The van der Waals surface area contributed by atoms with E-state index in [1.165, 1.54) is 6.33 Å². The Morgan fingerprint density at radius 1 is 1.32 bits per heavy atom. The largest absolute Gasteiger partial charge is 0.326 e. The molecule has 0 radical (unpaired) electrons. The standard InChI is InChI=1S/C12H16N6O/c1-2-13-8-7-12(19)15-10-3-5-11(6-4-10)18-9-14-16-17-18/h3-6,9,13H,2,7-8H2,1H3,(H,15,19). The van der Waals surface area contributed by atoms with Gasteiger partial charge in [-0.1, -0.05) is 6.92 Å². The van der Waals surface area contributed by atoms with E-state index in [0.717, 1.165) is 17.9 Å². The zero-order chi connectivity index (χ0) is 13.5. The SMILES string of the molecule is CCNCCC(=O)Nc1ccc(-n2cnnn2)cc1. The lowest BCUT2D eigenvalue weighted by atomic mass is 10.2. The molecule has 2 aromatic rings. The molecule has 7 nitrogen and oxygen atoms in total. The zero-order valence-corrected chi connectivity index (χ0v) is 10.7. The fourth-order valence-corrected chi connectivity index (χ4v) is 1.58. The summed E-state index contributed by atoms with van der Waals surface area (Å²) in [5.74, 6) is -0.00359. The monoisotopic (exact) mass is 260 g/mol. The first-order chi connectivity index (χ1) is 9.29. The molecule has 0 atom stereocenters. The molecule has 0 saturated carbocycles. The minimum atomic E-state index is -0.00359. The lowest BCUT2D eigenvalue weighted by Crippen LogP contribution is -2.21. The second-order valence-electron chi connectivity index (χ2n) is 3.95. The molecule has 0 aliphatic carbocycles. The smallest absolute Gasteiger partial charge is 0.225 e. The lowest BCUT2D eigenvalue weighted by molar-refractivity contribution is -0.116. The van der Waals surface area contributed by atoms with Crippen LogP contribution in [0.15, 0.2) is 30.6 Å². The van der Waals surface area contributed by atoms with Crippen LogP contribution in [0.25, 0.3) is 5.69 Å². The Balaban J connectivity index is 1.90. The number of nitrogens with one attached hydrogen (secondary N) is 2. The van der Waals surface area contributed by atoms with E-state index in [1.54, 1.807) is 4.68 Å². The van der Waals surface area contributed by atoms with E-state index in [2.05, 4.69) is 26.2 Å². The van der Waals surface area contributed by atoms with Gasteiger partial charge in [-0.25, -0.2) is 4.68 Å². The van der Waals surface area contributed by atoms with E-state index in [9.17, 15) is 4.79 Å². The summed E-state index contributed by atoms with van der Waals surface area (Å²) < 4.78 is 1.55. The van der Waals surface area contributed by atoms with Crippen molar-refractivity contribution < 1.29 is 4.79 Å². The molecule has 2 rings (SSSR count). The van der Waals surface area contributed by atoms with Crippen molar-refractivity contribution in [3.05, 3.63) is 30.6 Å². The highest BCUT2D eigenvalue weighted by Gasteiger charge is 2.02. The number of hydrogen-bond donors (Lipinski definition) is 2. The van der Waals surface area contributed by atoms with E-state index in [1.807, 2.05) is 31.2 Å². The van der Waals surface area contributed by atoms with E-state index in [-0.39, 0.29) is 5.91 Å². The van der Waals surface area contributed by atoms with Gasteiger partial charge in [0.05, 0.1) is 5.69 Å². The average molecular weight is 260 g/mol. The van der Waals surface area contributed by atoms with Crippen LogP contribution >= 0.6 is 0 Å². The number of amides is 1. The van der Waals surface area contributed by atoms with Gasteiger partial charge in [-0.3, -0.25) is 4.79 Å². The predicted molar refractivity (Wildman–Crippen MR) is 70.9 cm³/mol. The molecule has 19 heavy (non-hydrogen) atoms. The molecule has 1 heterocycles. The summed E-state index contributed by atoms with van der Waals surface area (Å²) in [6.45, 7) is 3.56. The highest BCUT2D eigenvalue weighted by atomic mass is 16.1. The van der Waals surface area contributed by atoms with E-state index in [4.69, 9.17) is 0 Å². The maximum Gasteiger partial charge on any atom is 0.225 e. The van der Waals surface area contributed by atoms with Gasteiger partial charge in [0.2, 0.25) is 5.91 Å². The Kier molecular flexibility index (Phi) is 4.57. The lowest BCUT2D eigenvalue weighted by Gasteiger charge is -2.06. The van der Waals surface area contributed by atoms with Crippen molar-refractivity contribution >= 4 is 11.6 Å². The molecule has 0 unspecified atom stereocenters. The van der Waals surface area contributed by atoms with Crippen molar-refractivity contribution in [2.45, 2.75) is 13.3 Å².